The van der Waals surface area contributed by atoms with Crippen molar-refractivity contribution in [1.29, 1.82) is 0 Å². The van der Waals surface area contributed by atoms with E-state index in [1.807, 2.05) is 0 Å². The van der Waals surface area contributed by atoms with E-state index in [-0.39, 0.29) is 33.0 Å². The first-order chi connectivity index (χ1) is 5.79. The molecular weight excluding hydrogens is 164 g/mol. The predicted octanol–water partition coefficient (Wildman–Crippen LogP) is -0.791. The number of amides is 2. The number of rotatable bonds is 3. The molecule has 1 aliphatic heterocycles. The Morgan fingerprint density at radius 3 is 2.83 bits per heavy atom. The lowest BCUT2D eigenvalue weighted by Gasteiger charge is -2.33. The van der Waals surface area contributed by atoms with E-state index in [0.29, 0.717) is 0 Å². The lowest BCUT2D eigenvalue weighted by Crippen LogP contribution is -2.51. The smallest absolute Gasteiger partial charge is 0.327 e. The van der Waals surface area contributed by atoms with Gasteiger partial charge in [0, 0.05) is 7.11 Å². The van der Waals surface area contributed by atoms with Crippen LogP contribution in [0.5, 0.6) is 0 Å². The first kappa shape index (κ1) is 9.24. The highest BCUT2D eigenvalue weighted by Crippen LogP contribution is 2.05. The number of carbonyl (C=O) groups excluding carboxylic acids is 1. The van der Waals surface area contributed by atoms with Gasteiger partial charge in [0.05, 0.1) is 0 Å². The van der Waals surface area contributed by atoms with Gasteiger partial charge in [0.25, 0.3) is 0 Å². The molecule has 0 bridgehead atoms. The van der Waals surface area contributed by atoms with Crippen LogP contribution in [0.2, 0.25) is 0 Å². The second-order valence-corrected chi connectivity index (χ2v) is 2.38. The molecule has 1 N–H and O–H groups in total. The summed E-state index contributed by atoms with van der Waals surface area (Å²) in [4.78, 5) is 13.8. The van der Waals surface area contributed by atoms with Gasteiger partial charge in [-0.2, -0.15) is 0 Å². The summed E-state index contributed by atoms with van der Waals surface area (Å²) < 4.78 is 9.76. The number of nitrogens with zero attached hydrogens (tertiary/aromatic N) is 2. The fourth-order valence-electron chi connectivity index (χ4n) is 0.921. The van der Waals surface area contributed by atoms with E-state index in [9.17, 15) is 4.79 Å². The zero-order valence-electron chi connectivity index (χ0n) is 6.89. The van der Waals surface area contributed by atoms with E-state index in [4.69, 9.17) is 14.6 Å². The molecule has 1 rings (SSSR count). The highest BCUT2D eigenvalue weighted by atomic mass is 16.5. The molecule has 0 unspecified atom stereocenters. The van der Waals surface area contributed by atoms with Crippen molar-refractivity contribution >= 4 is 6.03 Å². The van der Waals surface area contributed by atoms with E-state index >= 15 is 0 Å². The van der Waals surface area contributed by atoms with Gasteiger partial charge in [-0.15, -0.1) is 0 Å². The number of hydrogen-bond acceptors (Lipinski definition) is 4. The summed E-state index contributed by atoms with van der Waals surface area (Å²) in [5.41, 5.74) is 0. The lowest BCUT2D eigenvalue weighted by atomic mass is 10.6. The molecule has 0 radical (unpaired) electrons. The highest BCUT2D eigenvalue weighted by molar-refractivity contribution is 5.74. The molecular formula is C6H12N2O4. The van der Waals surface area contributed by atoms with Crippen molar-refractivity contribution in [1.82, 2.24) is 9.80 Å². The molecule has 1 aliphatic rings. The van der Waals surface area contributed by atoms with E-state index in [1.54, 1.807) is 0 Å². The summed E-state index contributed by atoms with van der Waals surface area (Å²) in [6.07, 6.45) is 0. The first-order valence-corrected chi connectivity index (χ1v) is 3.51. The van der Waals surface area contributed by atoms with Crippen LogP contribution in [0.1, 0.15) is 0 Å². The minimum atomic E-state index is -0.334. The Labute approximate surface area is 70.3 Å². The average Bonchev–Trinajstić information content (AvgIpc) is 2.09. The second kappa shape index (κ2) is 4.24. The Kier molecular flexibility index (Phi) is 3.27. The number of urea groups is 1. The summed E-state index contributed by atoms with van der Waals surface area (Å²) >= 11 is 0. The third-order valence-electron chi connectivity index (χ3n) is 1.49. The zero-order valence-corrected chi connectivity index (χ0v) is 6.89. The van der Waals surface area contributed by atoms with Crippen LogP contribution in [0.4, 0.5) is 4.79 Å². The van der Waals surface area contributed by atoms with Gasteiger partial charge in [-0.25, -0.2) is 4.79 Å². The molecule has 0 atom stereocenters. The Morgan fingerprint density at radius 2 is 2.25 bits per heavy atom. The summed E-state index contributed by atoms with van der Waals surface area (Å²) in [5.74, 6) is 0. The minimum Gasteiger partial charge on any atom is -0.376 e. The molecule has 1 saturated heterocycles. The number of ether oxygens (including phenoxy) is 2. The molecule has 1 heterocycles. The van der Waals surface area contributed by atoms with Crippen LogP contribution in [0.3, 0.4) is 0 Å². The topological polar surface area (TPSA) is 62.2 Å². The molecule has 0 spiro atoms. The molecule has 1 fully saturated rings. The van der Waals surface area contributed by atoms with Crippen LogP contribution in [0, 0.1) is 0 Å². The third kappa shape index (κ3) is 1.84. The highest BCUT2D eigenvalue weighted by Gasteiger charge is 2.24. The van der Waals surface area contributed by atoms with Crippen molar-refractivity contribution in [3.8, 4) is 0 Å². The van der Waals surface area contributed by atoms with Crippen molar-refractivity contribution < 1.29 is 19.4 Å². The standard InChI is InChI=1S/C6H12N2O4/c1-11-3-8-5-12-4-7(2-9)6(8)10/h9H,2-5H2,1H3. The summed E-state index contributed by atoms with van der Waals surface area (Å²) in [5, 5.41) is 8.71. The van der Waals surface area contributed by atoms with Gasteiger partial charge in [0.1, 0.15) is 26.9 Å². The van der Waals surface area contributed by atoms with Crippen molar-refractivity contribution in [2.45, 2.75) is 0 Å². The van der Waals surface area contributed by atoms with Gasteiger partial charge >= 0.3 is 6.03 Å². The van der Waals surface area contributed by atoms with Crippen LogP contribution in [0.15, 0.2) is 0 Å². The minimum absolute atomic E-state index is 0.134. The molecule has 0 saturated carbocycles. The van der Waals surface area contributed by atoms with E-state index < -0.39 is 0 Å². The van der Waals surface area contributed by atoms with Gasteiger partial charge in [0.15, 0.2) is 0 Å². The quantitative estimate of drug-likeness (QED) is 0.612. The Hall–Kier alpha value is -0.850. The Balaban J connectivity index is 2.47. The maximum absolute atomic E-state index is 11.3. The first-order valence-electron chi connectivity index (χ1n) is 3.51. The van der Waals surface area contributed by atoms with E-state index in [1.165, 1.54) is 16.9 Å². The summed E-state index contributed by atoms with van der Waals surface area (Å²) in [6.45, 7) is 0.188. The van der Waals surface area contributed by atoms with Crippen molar-refractivity contribution in [3.63, 3.8) is 0 Å². The normalized spacial score (nSPS) is 18.7. The fraction of sp³-hybridized carbons (Fsp3) is 0.833. The molecule has 12 heavy (non-hydrogen) atoms. The largest absolute Gasteiger partial charge is 0.376 e. The lowest BCUT2D eigenvalue weighted by molar-refractivity contribution is -0.0971. The molecule has 2 amide bonds. The molecule has 6 nitrogen and oxygen atoms in total. The van der Waals surface area contributed by atoms with Crippen LogP contribution < -0.4 is 0 Å². The van der Waals surface area contributed by atoms with Gasteiger partial charge in [-0.1, -0.05) is 0 Å². The molecule has 0 aromatic heterocycles. The molecule has 6 heteroatoms. The summed E-state index contributed by atoms with van der Waals surface area (Å²) in [7, 11) is 1.49. The number of aliphatic hydroxyl groups excluding tert-OH is 1. The van der Waals surface area contributed by atoms with Gasteiger partial charge < -0.3 is 14.6 Å². The number of carbonyl (C=O) groups is 1. The fourth-order valence-corrected chi connectivity index (χ4v) is 0.921. The van der Waals surface area contributed by atoms with Crippen molar-refractivity contribution in [2.24, 2.45) is 0 Å². The second-order valence-electron chi connectivity index (χ2n) is 2.38. The van der Waals surface area contributed by atoms with E-state index in [2.05, 4.69) is 0 Å². The van der Waals surface area contributed by atoms with Gasteiger partial charge in [-0.05, 0) is 0 Å². The van der Waals surface area contributed by atoms with Gasteiger partial charge in [0.2, 0.25) is 0 Å². The zero-order chi connectivity index (χ0) is 8.97. The maximum atomic E-state index is 11.3. The van der Waals surface area contributed by atoms with Crippen molar-refractivity contribution in [2.75, 3.05) is 34.0 Å². The monoisotopic (exact) mass is 176 g/mol. The number of methoxy groups -OCH3 is 1. The van der Waals surface area contributed by atoms with Crippen LogP contribution >= 0.6 is 0 Å². The molecule has 0 aromatic carbocycles. The van der Waals surface area contributed by atoms with E-state index in [0.717, 1.165) is 0 Å². The van der Waals surface area contributed by atoms with Crippen molar-refractivity contribution in [3.05, 3.63) is 0 Å². The summed E-state index contributed by atoms with van der Waals surface area (Å²) in [6, 6.07) is -0.273. The van der Waals surface area contributed by atoms with Crippen LogP contribution in [-0.2, 0) is 9.47 Å². The van der Waals surface area contributed by atoms with Gasteiger partial charge in [-0.3, -0.25) is 9.80 Å². The Morgan fingerprint density at radius 1 is 1.58 bits per heavy atom. The molecule has 0 aromatic rings. The molecule has 0 aliphatic carbocycles. The van der Waals surface area contributed by atoms with Crippen LogP contribution in [-0.4, -0.2) is 55.0 Å². The number of hydrogen-bond donors (Lipinski definition) is 1. The average molecular weight is 176 g/mol. The number of aliphatic hydroxyl groups is 1. The SMILES string of the molecule is COCN1COCN(CO)C1=O. The molecule has 70 valence electrons. The third-order valence-corrected chi connectivity index (χ3v) is 1.49. The predicted molar refractivity (Wildman–Crippen MR) is 38.9 cm³/mol. The maximum Gasteiger partial charge on any atom is 0.327 e. The Bertz CT molecular complexity index is 162. The van der Waals surface area contributed by atoms with Crippen LogP contribution in [0.25, 0.3) is 0 Å².